The minimum absolute atomic E-state index is 0.235. The van der Waals surface area contributed by atoms with E-state index in [1.807, 2.05) is 6.92 Å². The van der Waals surface area contributed by atoms with Gasteiger partial charge in [0.25, 0.3) is 5.91 Å². The standard InChI is InChI=1S/C20H22FN3O4/c1-3-28-17-10-5-4-9-16(17)20(27)22-12-19(26)24(2)13-18(25)23-15-8-6-7-14(21)11-15/h4-11H,3,12-13H2,1-2H3,(H,22,27)(H,23,25). The summed E-state index contributed by atoms with van der Waals surface area (Å²) in [5, 5.41) is 5.02. The number of hydrogen-bond acceptors (Lipinski definition) is 4. The lowest BCUT2D eigenvalue weighted by Crippen LogP contribution is -2.41. The molecule has 0 bridgehead atoms. The lowest BCUT2D eigenvalue weighted by atomic mass is 10.2. The van der Waals surface area contributed by atoms with Gasteiger partial charge < -0.3 is 20.3 Å². The molecular weight excluding hydrogens is 365 g/mol. The van der Waals surface area contributed by atoms with Gasteiger partial charge in [-0.1, -0.05) is 18.2 Å². The predicted molar refractivity (Wildman–Crippen MR) is 103 cm³/mol. The number of likely N-dealkylation sites (N-methyl/N-ethyl adjacent to an activating group) is 1. The Bertz CT molecular complexity index is 857. The molecule has 0 aliphatic carbocycles. The molecule has 0 fully saturated rings. The van der Waals surface area contributed by atoms with Gasteiger partial charge in [0.15, 0.2) is 0 Å². The Hall–Kier alpha value is -3.42. The number of para-hydroxylation sites is 1. The fraction of sp³-hybridized carbons (Fsp3) is 0.250. The number of amides is 3. The van der Waals surface area contributed by atoms with Crippen molar-refractivity contribution in [1.29, 1.82) is 0 Å². The minimum Gasteiger partial charge on any atom is -0.493 e. The Morgan fingerprint density at radius 2 is 1.86 bits per heavy atom. The summed E-state index contributed by atoms with van der Waals surface area (Å²) in [6.45, 7) is 1.71. The van der Waals surface area contributed by atoms with Gasteiger partial charge in [-0.3, -0.25) is 14.4 Å². The maximum absolute atomic E-state index is 13.1. The van der Waals surface area contributed by atoms with Crippen molar-refractivity contribution in [2.75, 3.05) is 32.1 Å². The molecule has 2 rings (SSSR count). The van der Waals surface area contributed by atoms with E-state index in [9.17, 15) is 18.8 Å². The van der Waals surface area contributed by atoms with Gasteiger partial charge in [-0.05, 0) is 37.3 Å². The number of nitrogens with zero attached hydrogens (tertiary/aromatic N) is 1. The highest BCUT2D eigenvalue weighted by atomic mass is 19.1. The van der Waals surface area contributed by atoms with Crippen LogP contribution in [-0.4, -0.2) is 49.4 Å². The van der Waals surface area contributed by atoms with E-state index in [-0.39, 0.29) is 13.1 Å². The summed E-state index contributed by atoms with van der Waals surface area (Å²) >= 11 is 0. The summed E-state index contributed by atoms with van der Waals surface area (Å²) in [5.74, 6) is -1.42. The van der Waals surface area contributed by atoms with Crippen LogP contribution in [0.3, 0.4) is 0 Å². The summed E-state index contributed by atoms with van der Waals surface area (Å²) in [5.41, 5.74) is 0.621. The lowest BCUT2D eigenvalue weighted by molar-refractivity contribution is -0.132. The Labute approximate surface area is 162 Å². The molecule has 2 aromatic carbocycles. The van der Waals surface area contributed by atoms with Crippen molar-refractivity contribution in [3.05, 3.63) is 59.9 Å². The molecule has 2 N–H and O–H groups in total. The summed E-state index contributed by atoms with van der Waals surface area (Å²) in [6, 6.07) is 12.2. The second kappa shape index (κ2) is 10.1. The van der Waals surface area contributed by atoms with Crippen molar-refractivity contribution >= 4 is 23.4 Å². The second-order valence-electron chi connectivity index (χ2n) is 5.92. The summed E-state index contributed by atoms with van der Waals surface area (Å²) in [7, 11) is 1.44. The fourth-order valence-corrected chi connectivity index (χ4v) is 2.39. The number of benzene rings is 2. The van der Waals surface area contributed by atoms with E-state index in [1.165, 1.54) is 30.1 Å². The Balaban J connectivity index is 1.85. The fourth-order valence-electron chi connectivity index (χ4n) is 2.39. The van der Waals surface area contributed by atoms with Crippen molar-refractivity contribution in [3.63, 3.8) is 0 Å². The SMILES string of the molecule is CCOc1ccccc1C(=O)NCC(=O)N(C)CC(=O)Nc1cccc(F)c1. The van der Waals surface area contributed by atoms with Crippen LogP contribution < -0.4 is 15.4 Å². The Kier molecular flexibility index (Phi) is 7.50. The molecule has 0 aliphatic rings. The van der Waals surface area contributed by atoms with E-state index in [0.29, 0.717) is 23.6 Å². The van der Waals surface area contributed by atoms with Crippen molar-refractivity contribution in [1.82, 2.24) is 10.2 Å². The molecule has 0 saturated heterocycles. The zero-order chi connectivity index (χ0) is 20.5. The third-order valence-electron chi connectivity index (χ3n) is 3.75. The molecule has 28 heavy (non-hydrogen) atoms. The topological polar surface area (TPSA) is 87.7 Å². The van der Waals surface area contributed by atoms with Crippen LogP contribution in [0.25, 0.3) is 0 Å². The first kappa shape index (κ1) is 20.9. The third-order valence-corrected chi connectivity index (χ3v) is 3.75. The molecular formula is C20H22FN3O4. The van der Waals surface area contributed by atoms with Crippen molar-refractivity contribution in [2.45, 2.75) is 6.92 Å². The van der Waals surface area contributed by atoms with Gasteiger partial charge in [0.05, 0.1) is 25.3 Å². The lowest BCUT2D eigenvalue weighted by Gasteiger charge is -2.17. The average molecular weight is 387 g/mol. The number of nitrogens with one attached hydrogen (secondary N) is 2. The van der Waals surface area contributed by atoms with Crippen molar-refractivity contribution < 1.29 is 23.5 Å². The Morgan fingerprint density at radius 3 is 2.57 bits per heavy atom. The van der Waals surface area contributed by atoms with Gasteiger partial charge in [0.1, 0.15) is 11.6 Å². The molecule has 0 saturated carbocycles. The maximum Gasteiger partial charge on any atom is 0.255 e. The largest absolute Gasteiger partial charge is 0.493 e. The van der Waals surface area contributed by atoms with Gasteiger partial charge in [-0.25, -0.2) is 4.39 Å². The van der Waals surface area contributed by atoms with E-state index >= 15 is 0 Å². The molecule has 148 valence electrons. The quantitative estimate of drug-likeness (QED) is 0.726. The molecule has 0 unspecified atom stereocenters. The van der Waals surface area contributed by atoms with Gasteiger partial charge >= 0.3 is 0 Å². The van der Waals surface area contributed by atoms with E-state index < -0.39 is 23.5 Å². The number of hydrogen-bond donors (Lipinski definition) is 2. The first-order valence-corrected chi connectivity index (χ1v) is 8.70. The number of anilines is 1. The molecule has 0 aliphatic heterocycles. The number of carbonyl (C=O) groups is 3. The third kappa shape index (κ3) is 6.08. The average Bonchev–Trinajstić information content (AvgIpc) is 2.66. The second-order valence-corrected chi connectivity index (χ2v) is 5.92. The van der Waals surface area contributed by atoms with Crippen LogP contribution in [0.5, 0.6) is 5.75 Å². The van der Waals surface area contributed by atoms with Crippen LogP contribution in [0, 0.1) is 5.82 Å². The zero-order valence-electron chi connectivity index (χ0n) is 15.7. The number of ether oxygens (including phenoxy) is 1. The van der Waals surface area contributed by atoms with Crippen LogP contribution in [0.2, 0.25) is 0 Å². The van der Waals surface area contributed by atoms with E-state index in [0.717, 1.165) is 0 Å². The number of halogens is 1. The zero-order valence-corrected chi connectivity index (χ0v) is 15.7. The predicted octanol–water partition coefficient (Wildman–Crippen LogP) is 2.05. The van der Waals surface area contributed by atoms with E-state index in [4.69, 9.17) is 4.74 Å². The monoisotopic (exact) mass is 387 g/mol. The maximum atomic E-state index is 13.1. The summed E-state index contributed by atoms with van der Waals surface area (Å²) < 4.78 is 18.5. The number of rotatable bonds is 8. The van der Waals surface area contributed by atoms with Crippen LogP contribution in [-0.2, 0) is 9.59 Å². The highest BCUT2D eigenvalue weighted by Crippen LogP contribution is 2.17. The highest BCUT2D eigenvalue weighted by Gasteiger charge is 2.16. The van der Waals surface area contributed by atoms with Crippen LogP contribution in [0.1, 0.15) is 17.3 Å². The highest BCUT2D eigenvalue weighted by molar-refractivity contribution is 5.99. The van der Waals surface area contributed by atoms with Crippen molar-refractivity contribution in [2.24, 2.45) is 0 Å². The summed E-state index contributed by atoms with van der Waals surface area (Å²) in [4.78, 5) is 37.6. The summed E-state index contributed by atoms with van der Waals surface area (Å²) in [6.07, 6.45) is 0. The van der Waals surface area contributed by atoms with Gasteiger partial charge in [0, 0.05) is 12.7 Å². The first-order chi connectivity index (χ1) is 13.4. The van der Waals surface area contributed by atoms with Crippen LogP contribution >= 0.6 is 0 Å². The minimum atomic E-state index is -0.477. The molecule has 8 heteroatoms. The first-order valence-electron chi connectivity index (χ1n) is 8.70. The molecule has 3 amide bonds. The molecule has 0 spiro atoms. The van der Waals surface area contributed by atoms with Gasteiger partial charge in [0.2, 0.25) is 11.8 Å². The molecule has 0 heterocycles. The molecule has 0 atom stereocenters. The van der Waals surface area contributed by atoms with Gasteiger partial charge in [-0.15, -0.1) is 0 Å². The normalized spacial score (nSPS) is 10.1. The van der Waals surface area contributed by atoms with Crippen LogP contribution in [0.15, 0.2) is 48.5 Å². The van der Waals surface area contributed by atoms with Gasteiger partial charge in [-0.2, -0.15) is 0 Å². The van der Waals surface area contributed by atoms with E-state index in [2.05, 4.69) is 10.6 Å². The van der Waals surface area contributed by atoms with Crippen molar-refractivity contribution in [3.8, 4) is 5.75 Å². The molecule has 2 aromatic rings. The Morgan fingerprint density at radius 1 is 1.11 bits per heavy atom. The molecule has 0 aromatic heterocycles. The van der Waals surface area contributed by atoms with Crippen LogP contribution in [0.4, 0.5) is 10.1 Å². The smallest absolute Gasteiger partial charge is 0.255 e. The molecule has 7 nitrogen and oxygen atoms in total. The molecule has 0 radical (unpaired) electrons. The number of carbonyl (C=O) groups excluding carboxylic acids is 3. The van der Waals surface area contributed by atoms with E-state index in [1.54, 1.807) is 30.3 Å².